The molecular formula is C12H19NOS. The number of hydrogen-bond donors (Lipinski definition) is 1. The Morgan fingerprint density at radius 1 is 1.47 bits per heavy atom. The van der Waals surface area contributed by atoms with Gasteiger partial charge in [-0.3, -0.25) is 0 Å². The van der Waals surface area contributed by atoms with Crippen LogP contribution in [-0.2, 0) is 11.2 Å². The molecule has 1 aliphatic carbocycles. The fourth-order valence-electron chi connectivity index (χ4n) is 2.11. The van der Waals surface area contributed by atoms with E-state index in [0.717, 1.165) is 19.4 Å². The van der Waals surface area contributed by atoms with Crippen molar-refractivity contribution in [3.63, 3.8) is 0 Å². The summed E-state index contributed by atoms with van der Waals surface area (Å²) in [5.74, 6) is 0. The number of ether oxygens (including phenoxy) is 1. The number of thiophene rings is 1. The van der Waals surface area contributed by atoms with Crippen molar-refractivity contribution in [3.8, 4) is 0 Å². The van der Waals surface area contributed by atoms with Gasteiger partial charge < -0.3 is 10.5 Å². The summed E-state index contributed by atoms with van der Waals surface area (Å²) in [7, 11) is 0. The summed E-state index contributed by atoms with van der Waals surface area (Å²) >= 11 is 1.75. The van der Waals surface area contributed by atoms with Crippen molar-refractivity contribution in [1.29, 1.82) is 0 Å². The molecule has 1 heterocycles. The van der Waals surface area contributed by atoms with Crippen LogP contribution in [0.15, 0.2) is 16.8 Å². The molecule has 0 spiro atoms. The van der Waals surface area contributed by atoms with Crippen molar-refractivity contribution in [2.45, 2.75) is 44.2 Å². The number of hydrogen-bond acceptors (Lipinski definition) is 3. The van der Waals surface area contributed by atoms with Gasteiger partial charge in [-0.1, -0.05) is 0 Å². The van der Waals surface area contributed by atoms with E-state index in [9.17, 15) is 0 Å². The van der Waals surface area contributed by atoms with Gasteiger partial charge in [0.25, 0.3) is 0 Å². The van der Waals surface area contributed by atoms with Crippen LogP contribution in [-0.4, -0.2) is 18.8 Å². The lowest BCUT2D eigenvalue weighted by Gasteiger charge is -2.26. The molecule has 2 nitrogen and oxygen atoms in total. The molecule has 2 rings (SSSR count). The first-order valence-electron chi connectivity index (χ1n) is 5.73. The van der Waals surface area contributed by atoms with Gasteiger partial charge in [-0.15, -0.1) is 0 Å². The zero-order valence-corrected chi connectivity index (χ0v) is 9.84. The Labute approximate surface area is 95.4 Å². The zero-order valence-electron chi connectivity index (χ0n) is 9.02. The molecule has 0 radical (unpaired) electrons. The molecule has 1 fully saturated rings. The van der Waals surface area contributed by atoms with Crippen LogP contribution in [0.4, 0.5) is 0 Å². The van der Waals surface area contributed by atoms with E-state index in [2.05, 4.69) is 16.8 Å². The molecule has 1 saturated carbocycles. The predicted molar refractivity (Wildman–Crippen MR) is 64.2 cm³/mol. The summed E-state index contributed by atoms with van der Waals surface area (Å²) in [5.41, 5.74) is 7.30. The fraction of sp³-hybridized carbons (Fsp3) is 0.667. The minimum Gasteiger partial charge on any atom is -0.378 e. The Morgan fingerprint density at radius 3 is 3.13 bits per heavy atom. The second-order valence-electron chi connectivity index (χ2n) is 4.30. The van der Waals surface area contributed by atoms with Crippen LogP contribution < -0.4 is 5.73 Å². The van der Waals surface area contributed by atoms with E-state index < -0.39 is 0 Å². The van der Waals surface area contributed by atoms with E-state index in [1.165, 1.54) is 24.8 Å². The van der Waals surface area contributed by atoms with Gasteiger partial charge in [0.2, 0.25) is 0 Å². The Morgan fingerprint density at radius 2 is 2.40 bits per heavy atom. The monoisotopic (exact) mass is 225 g/mol. The standard InChI is InChI=1S/C12H19NOS/c13-11-2-1-3-12(8-11)14-6-4-10-5-7-15-9-10/h5,7,9,11-12H,1-4,6,8,13H2. The summed E-state index contributed by atoms with van der Waals surface area (Å²) in [6.07, 6.45) is 6.08. The van der Waals surface area contributed by atoms with Crippen LogP contribution >= 0.6 is 11.3 Å². The molecule has 15 heavy (non-hydrogen) atoms. The van der Waals surface area contributed by atoms with Gasteiger partial charge in [-0.2, -0.15) is 11.3 Å². The van der Waals surface area contributed by atoms with Gasteiger partial charge in [-0.05, 0) is 54.5 Å². The second-order valence-corrected chi connectivity index (χ2v) is 5.08. The maximum Gasteiger partial charge on any atom is 0.0590 e. The van der Waals surface area contributed by atoms with Crippen LogP contribution in [0.25, 0.3) is 0 Å². The quantitative estimate of drug-likeness (QED) is 0.854. The molecule has 0 bridgehead atoms. The van der Waals surface area contributed by atoms with E-state index in [1.54, 1.807) is 11.3 Å². The van der Waals surface area contributed by atoms with Gasteiger partial charge in [0.05, 0.1) is 12.7 Å². The molecule has 3 heteroatoms. The topological polar surface area (TPSA) is 35.2 Å². The first-order chi connectivity index (χ1) is 7.34. The highest BCUT2D eigenvalue weighted by atomic mass is 32.1. The molecule has 0 aliphatic heterocycles. The van der Waals surface area contributed by atoms with E-state index in [0.29, 0.717) is 12.1 Å². The lowest BCUT2D eigenvalue weighted by atomic mass is 9.93. The van der Waals surface area contributed by atoms with E-state index in [4.69, 9.17) is 10.5 Å². The minimum atomic E-state index is 0.366. The van der Waals surface area contributed by atoms with E-state index in [-0.39, 0.29) is 0 Å². The average Bonchev–Trinajstić information content (AvgIpc) is 2.71. The van der Waals surface area contributed by atoms with Crippen molar-refractivity contribution in [2.24, 2.45) is 5.73 Å². The van der Waals surface area contributed by atoms with Gasteiger partial charge in [0.1, 0.15) is 0 Å². The summed E-state index contributed by atoms with van der Waals surface area (Å²) in [5, 5.41) is 4.31. The number of nitrogens with two attached hydrogens (primary N) is 1. The average molecular weight is 225 g/mol. The molecule has 0 aromatic carbocycles. The van der Waals surface area contributed by atoms with Gasteiger partial charge in [0.15, 0.2) is 0 Å². The van der Waals surface area contributed by atoms with Crippen LogP contribution in [0.5, 0.6) is 0 Å². The third-order valence-corrected chi connectivity index (χ3v) is 3.72. The molecule has 2 unspecified atom stereocenters. The van der Waals surface area contributed by atoms with Crippen LogP contribution in [0.2, 0.25) is 0 Å². The highest BCUT2D eigenvalue weighted by molar-refractivity contribution is 7.07. The molecule has 2 N–H and O–H groups in total. The summed E-state index contributed by atoms with van der Waals surface area (Å²) in [4.78, 5) is 0. The largest absolute Gasteiger partial charge is 0.378 e. The summed E-state index contributed by atoms with van der Waals surface area (Å²) in [6.45, 7) is 0.841. The van der Waals surface area contributed by atoms with Crippen molar-refractivity contribution < 1.29 is 4.74 Å². The third kappa shape index (κ3) is 3.59. The van der Waals surface area contributed by atoms with Gasteiger partial charge in [-0.25, -0.2) is 0 Å². The summed E-state index contributed by atoms with van der Waals surface area (Å²) in [6, 6.07) is 2.53. The Kier molecular flexibility index (Phi) is 4.18. The van der Waals surface area contributed by atoms with E-state index in [1.807, 2.05) is 0 Å². The van der Waals surface area contributed by atoms with Crippen molar-refractivity contribution in [1.82, 2.24) is 0 Å². The lowest BCUT2D eigenvalue weighted by Crippen LogP contribution is -2.32. The van der Waals surface area contributed by atoms with Crippen molar-refractivity contribution >= 4 is 11.3 Å². The van der Waals surface area contributed by atoms with Gasteiger partial charge >= 0.3 is 0 Å². The van der Waals surface area contributed by atoms with Gasteiger partial charge in [0, 0.05) is 6.04 Å². The predicted octanol–water partition coefficient (Wildman–Crippen LogP) is 2.58. The molecule has 0 amide bonds. The Bertz CT molecular complexity index is 273. The first-order valence-corrected chi connectivity index (χ1v) is 6.67. The Balaban J connectivity index is 1.65. The molecular weight excluding hydrogens is 206 g/mol. The van der Waals surface area contributed by atoms with E-state index >= 15 is 0 Å². The van der Waals surface area contributed by atoms with Crippen LogP contribution in [0, 0.1) is 0 Å². The van der Waals surface area contributed by atoms with Crippen LogP contribution in [0.1, 0.15) is 31.2 Å². The molecule has 2 atom stereocenters. The highest BCUT2D eigenvalue weighted by Gasteiger charge is 2.19. The normalized spacial score (nSPS) is 26.7. The smallest absolute Gasteiger partial charge is 0.0590 e. The second kappa shape index (κ2) is 5.64. The maximum absolute atomic E-state index is 5.91. The highest BCUT2D eigenvalue weighted by Crippen LogP contribution is 2.20. The molecule has 1 aromatic rings. The molecule has 84 valence electrons. The summed E-state index contributed by atoms with van der Waals surface area (Å²) < 4.78 is 5.85. The molecule has 1 aromatic heterocycles. The van der Waals surface area contributed by atoms with Crippen molar-refractivity contribution in [2.75, 3.05) is 6.61 Å². The SMILES string of the molecule is NC1CCCC(OCCc2ccsc2)C1. The zero-order chi connectivity index (χ0) is 10.5. The molecule has 0 saturated heterocycles. The number of rotatable bonds is 4. The molecule has 1 aliphatic rings. The maximum atomic E-state index is 5.91. The van der Waals surface area contributed by atoms with Crippen LogP contribution in [0.3, 0.4) is 0 Å². The Hall–Kier alpha value is -0.380. The van der Waals surface area contributed by atoms with Crippen molar-refractivity contribution in [3.05, 3.63) is 22.4 Å². The lowest BCUT2D eigenvalue weighted by molar-refractivity contribution is 0.0254. The fourth-order valence-corrected chi connectivity index (χ4v) is 2.81. The third-order valence-electron chi connectivity index (χ3n) is 2.99. The first kappa shape index (κ1) is 11.1. The minimum absolute atomic E-state index is 0.366.